The van der Waals surface area contributed by atoms with Crippen LogP contribution in [0.5, 0.6) is 0 Å². The monoisotopic (exact) mass is 482 g/mol. The van der Waals surface area contributed by atoms with Crippen molar-refractivity contribution in [2.24, 2.45) is 0 Å². The first-order valence-electron chi connectivity index (χ1n) is 9.31. The second-order valence-corrected chi connectivity index (χ2v) is 7.90. The summed E-state index contributed by atoms with van der Waals surface area (Å²) in [6.07, 6.45) is -1.27. The third kappa shape index (κ3) is 4.50. The minimum absolute atomic E-state index is 0.0654. The van der Waals surface area contributed by atoms with E-state index >= 15 is 0 Å². The van der Waals surface area contributed by atoms with E-state index in [-0.39, 0.29) is 23.0 Å². The Morgan fingerprint density at radius 1 is 1.19 bits per heavy atom. The van der Waals surface area contributed by atoms with Gasteiger partial charge in [-0.05, 0) is 6.26 Å². The quantitative estimate of drug-likeness (QED) is 0.258. The number of thioether (sulfide) groups is 1. The number of carbonyl (C=O) groups excluding carboxylic acids is 3. The molecule has 3 rings (SSSR count). The van der Waals surface area contributed by atoms with Crippen LogP contribution in [0.3, 0.4) is 0 Å². The van der Waals surface area contributed by atoms with Crippen LogP contribution in [0, 0.1) is 11.3 Å². The van der Waals surface area contributed by atoms with Crippen LogP contribution in [-0.4, -0.2) is 63.6 Å². The average molecular weight is 483 g/mol. The van der Waals surface area contributed by atoms with Gasteiger partial charge in [0.25, 0.3) is 0 Å². The van der Waals surface area contributed by atoms with Gasteiger partial charge < -0.3 is 18.9 Å². The topological polar surface area (TPSA) is 143 Å². The van der Waals surface area contributed by atoms with Gasteiger partial charge in [0, 0.05) is 20.8 Å². The molecule has 2 aromatic heterocycles. The number of hydrogen-bond acceptors (Lipinski definition) is 11. The van der Waals surface area contributed by atoms with Gasteiger partial charge in [-0.1, -0.05) is 11.6 Å². The van der Waals surface area contributed by atoms with Crippen molar-refractivity contribution < 1.29 is 33.3 Å². The number of ether oxygens (including phenoxy) is 4. The highest BCUT2D eigenvalue weighted by molar-refractivity contribution is 7.98. The molecule has 1 saturated heterocycles. The van der Waals surface area contributed by atoms with E-state index in [1.165, 1.54) is 38.9 Å². The summed E-state index contributed by atoms with van der Waals surface area (Å²) in [5, 5.41) is 10.6. The SMILES string of the molecule is CSc1c(C#N)c2c(Cl)ncnc2n1[C@@H]1O[C@H](COC(C)=O)[C@@H](OC(C)=O)[C@H]1OC(C)=O. The fourth-order valence-electron chi connectivity index (χ4n) is 3.52. The summed E-state index contributed by atoms with van der Waals surface area (Å²) in [6, 6.07) is 2.10. The molecule has 13 heteroatoms. The Labute approximate surface area is 191 Å². The summed E-state index contributed by atoms with van der Waals surface area (Å²) in [5.74, 6) is -1.86. The van der Waals surface area contributed by atoms with Crippen LogP contribution < -0.4 is 0 Å². The lowest BCUT2D eigenvalue weighted by Gasteiger charge is -2.24. The molecule has 0 aliphatic carbocycles. The number of fused-ring (bicyclic) bond motifs is 1. The van der Waals surface area contributed by atoms with Gasteiger partial charge in [0.2, 0.25) is 0 Å². The zero-order chi connectivity index (χ0) is 23.6. The van der Waals surface area contributed by atoms with E-state index in [4.69, 9.17) is 30.5 Å². The van der Waals surface area contributed by atoms with Gasteiger partial charge in [-0.15, -0.1) is 11.8 Å². The standard InChI is InChI=1S/C19H19ClN4O7S/c1-8(25)28-6-12-14(29-9(2)26)15(30-10(3)27)18(31-12)24-17-13(16(20)22-7-23-17)11(5-21)19(24)32-4/h7,12,14-15,18H,6H2,1-4H3/t12-,14-,15-,18-/m1/s1. The maximum atomic E-state index is 11.9. The normalized spacial score (nSPS) is 22.4. The molecule has 0 spiro atoms. The van der Waals surface area contributed by atoms with E-state index < -0.39 is 42.4 Å². The molecule has 11 nitrogen and oxygen atoms in total. The van der Waals surface area contributed by atoms with Crippen LogP contribution in [0.1, 0.15) is 32.6 Å². The van der Waals surface area contributed by atoms with Crippen LogP contribution in [-0.2, 0) is 33.3 Å². The molecule has 2 aromatic rings. The molecule has 0 bridgehead atoms. The van der Waals surface area contributed by atoms with Gasteiger partial charge in [0.1, 0.15) is 35.9 Å². The first-order chi connectivity index (χ1) is 15.2. The molecule has 1 aliphatic rings. The lowest BCUT2D eigenvalue weighted by Crippen LogP contribution is -2.40. The van der Waals surface area contributed by atoms with Crippen molar-refractivity contribution in [2.75, 3.05) is 12.9 Å². The zero-order valence-electron chi connectivity index (χ0n) is 17.5. The molecule has 0 aromatic carbocycles. The molecular weight excluding hydrogens is 464 g/mol. The number of esters is 3. The number of rotatable bonds is 6. The van der Waals surface area contributed by atoms with Crippen LogP contribution >= 0.6 is 23.4 Å². The number of carbonyl (C=O) groups is 3. The Morgan fingerprint density at radius 3 is 2.41 bits per heavy atom. The van der Waals surface area contributed by atoms with E-state index in [1.54, 1.807) is 10.8 Å². The second-order valence-electron chi connectivity index (χ2n) is 6.74. The highest BCUT2D eigenvalue weighted by Gasteiger charge is 2.51. The summed E-state index contributed by atoms with van der Waals surface area (Å²) in [5.41, 5.74) is 0.485. The second kappa shape index (κ2) is 9.72. The van der Waals surface area contributed by atoms with Crippen LogP contribution in [0.4, 0.5) is 0 Å². The van der Waals surface area contributed by atoms with Gasteiger partial charge in [0.15, 0.2) is 18.4 Å². The van der Waals surface area contributed by atoms with Gasteiger partial charge in [0.05, 0.1) is 16.0 Å². The molecule has 3 heterocycles. The van der Waals surface area contributed by atoms with Crippen LogP contribution in [0.15, 0.2) is 11.4 Å². The summed E-state index contributed by atoms with van der Waals surface area (Å²) < 4.78 is 23.5. The minimum atomic E-state index is -1.13. The molecule has 170 valence electrons. The number of nitrogens with zero attached hydrogens (tertiary/aromatic N) is 4. The van der Waals surface area contributed by atoms with E-state index in [2.05, 4.69) is 16.0 Å². The van der Waals surface area contributed by atoms with Crippen molar-refractivity contribution in [1.29, 1.82) is 5.26 Å². The van der Waals surface area contributed by atoms with E-state index in [0.29, 0.717) is 10.4 Å². The van der Waals surface area contributed by atoms with E-state index in [0.717, 1.165) is 0 Å². The van der Waals surface area contributed by atoms with Crippen molar-refractivity contribution in [1.82, 2.24) is 14.5 Å². The molecular formula is C19H19ClN4O7S. The maximum Gasteiger partial charge on any atom is 0.303 e. The van der Waals surface area contributed by atoms with Crippen LogP contribution in [0.2, 0.25) is 5.15 Å². The highest BCUT2D eigenvalue weighted by atomic mass is 35.5. The van der Waals surface area contributed by atoms with Crippen molar-refractivity contribution in [2.45, 2.75) is 50.3 Å². The van der Waals surface area contributed by atoms with Crippen molar-refractivity contribution in [3.63, 3.8) is 0 Å². The Morgan fingerprint density at radius 2 is 1.84 bits per heavy atom. The number of nitriles is 1. The predicted molar refractivity (Wildman–Crippen MR) is 111 cm³/mol. The smallest absolute Gasteiger partial charge is 0.303 e. The molecule has 32 heavy (non-hydrogen) atoms. The summed E-state index contributed by atoms with van der Waals surface area (Å²) in [6.45, 7) is 3.36. The average Bonchev–Trinajstić information content (AvgIpc) is 3.21. The van der Waals surface area contributed by atoms with Crippen LogP contribution in [0.25, 0.3) is 11.0 Å². The Bertz CT molecular complexity index is 1120. The lowest BCUT2D eigenvalue weighted by molar-refractivity contribution is -0.166. The third-order valence-electron chi connectivity index (χ3n) is 4.59. The number of hydrogen-bond donors (Lipinski definition) is 0. The molecule has 0 radical (unpaired) electrons. The van der Waals surface area contributed by atoms with Gasteiger partial charge >= 0.3 is 17.9 Å². The summed E-state index contributed by atoms with van der Waals surface area (Å²) in [7, 11) is 0. The van der Waals surface area contributed by atoms with Gasteiger partial charge in [-0.3, -0.25) is 19.0 Å². The molecule has 1 fully saturated rings. The minimum Gasteiger partial charge on any atom is -0.463 e. The summed E-state index contributed by atoms with van der Waals surface area (Å²) >= 11 is 7.47. The zero-order valence-corrected chi connectivity index (χ0v) is 19.1. The summed E-state index contributed by atoms with van der Waals surface area (Å²) in [4.78, 5) is 43.2. The first kappa shape index (κ1) is 23.8. The van der Waals surface area contributed by atoms with E-state index in [9.17, 15) is 19.6 Å². The fraction of sp³-hybridized carbons (Fsp3) is 0.474. The Balaban J connectivity index is 2.20. The third-order valence-corrected chi connectivity index (χ3v) is 5.67. The molecule has 1 aliphatic heterocycles. The molecule has 4 atom stereocenters. The van der Waals surface area contributed by atoms with Crippen molar-refractivity contribution in [3.05, 3.63) is 17.0 Å². The Hall–Kier alpha value is -2.88. The predicted octanol–water partition coefficient (Wildman–Crippen LogP) is 2.00. The highest BCUT2D eigenvalue weighted by Crippen LogP contribution is 2.42. The molecule has 0 N–H and O–H groups in total. The Kier molecular flexibility index (Phi) is 7.22. The first-order valence-corrected chi connectivity index (χ1v) is 10.9. The molecule has 0 unspecified atom stereocenters. The number of halogens is 1. The molecule has 0 amide bonds. The van der Waals surface area contributed by atoms with Crippen molar-refractivity contribution in [3.8, 4) is 6.07 Å². The maximum absolute atomic E-state index is 11.9. The fourth-order valence-corrected chi connectivity index (χ4v) is 4.48. The number of aromatic nitrogens is 3. The van der Waals surface area contributed by atoms with E-state index in [1.807, 2.05) is 0 Å². The van der Waals surface area contributed by atoms with Crippen molar-refractivity contribution >= 4 is 52.3 Å². The lowest BCUT2D eigenvalue weighted by atomic mass is 10.1. The van der Waals surface area contributed by atoms with Gasteiger partial charge in [-0.25, -0.2) is 9.97 Å². The molecule has 0 saturated carbocycles. The largest absolute Gasteiger partial charge is 0.463 e. The van der Waals surface area contributed by atoms with Gasteiger partial charge in [-0.2, -0.15) is 5.26 Å².